The molecule has 1 aliphatic rings. The third-order valence-electron chi connectivity index (χ3n) is 5.18. The van der Waals surface area contributed by atoms with Crippen LogP contribution in [0.5, 0.6) is 5.75 Å². The molecule has 3 rings (SSSR count). The summed E-state index contributed by atoms with van der Waals surface area (Å²) in [6.07, 6.45) is -4.95. The Kier molecular flexibility index (Phi) is 6.84. The van der Waals surface area contributed by atoms with Crippen molar-refractivity contribution in [3.05, 3.63) is 68.7 Å². The number of methoxy groups -OCH3 is 1. The number of nitrogens with zero attached hydrogens (tertiary/aromatic N) is 5. The van der Waals surface area contributed by atoms with E-state index in [1.807, 2.05) is 6.07 Å². The molecule has 0 saturated carbocycles. The number of rotatable bonds is 6. The molecular weight excluding hydrogens is 479 g/mol. The minimum atomic E-state index is -4.84. The smallest absolute Gasteiger partial charge is 0.419 e. The standard InChI is InChI=1S/C21H21ClF3N5O4/c1-20(2,33-4)30-19(32)28(3)16(27-30)11-29-6-5-15(21(23,24)25)17(18(29)31)34-14-8-12(10-26)7-13(22)9-14/h5-9,18,31H,11H2,1-4H3. The number of hydrogen-bond acceptors (Lipinski definition) is 7. The lowest BCUT2D eigenvalue weighted by atomic mass is 10.1. The zero-order valence-corrected chi connectivity index (χ0v) is 19.3. The van der Waals surface area contributed by atoms with E-state index >= 15 is 0 Å². The van der Waals surface area contributed by atoms with Crippen molar-refractivity contribution >= 4 is 11.6 Å². The molecule has 1 aromatic heterocycles. The summed E-state index contributed by atoms with van der Waals surface area (Å²) in [5.41, 5.74) is -2.74. The normalized spacial score (nSPS) is 16.7. The van der Waals surface area contributed by atoms with Gasteiger partial charge in [-0.2, -0.15) is 28.2 Å². The molecule has 0 radical (unpaired) electrons. The summed E-state index contributed by atoms with van der Waals surface area (Å²) in [6, 6.07) is 5.56. The topological polar surface area (TPSA) is 106 Å². The van der Waals surface area contributed by atoms with Crippen LogP contribution in [-0.2, 0) is 24.1 Å². The van der Waals surface area contributed by atoms with Crippen LogP contribution in [0.1, 0.15) is 25.2 Å². The van der Waals surface area contributed by atoms with E-state index in [0.717, 1.165) is 21.9 Å². The molecule has 0 aliphatic carbocycles. The first-order chi connectivity index (χ1) is 15.8. The Balaban J connectivity index is 1.98. The van der Waals surface area contributed by atoms with E-state index in [1.165, 1.54) is 36.9 Å². The van der Waals surface area contributed by atoms with Gasteiger partial charge in [-0.15, -0.1) is 0 Å². The number of benzene rings is 1. The number of aliphatic hydroxyl groups is 1. The molecule has 34 heavy (non-hydrogen) atoms. The van der Waals surface area contributed by atoms with Crippen LogP contribution in [0.4, 0.5) is 13.2 Å². The van der Waals surface area contributed by atoms with Gasteiger partial charge in [0.2, 0.25) is 0 Å². The van der Waals surface area contributed by atoms with E-state index in [2.05, 4.69) is 5.10 Å². The maximum absolute atomic E-state index is 13.7. The van der Waals surface area contributed by atoms with Gasteiger partial charge in [-0.05, 0) is 38.1 Å². The number of aliphatic hydroxyl groups excluding tert-OH is 1. The Morgan fingerprint density at radius 1 is 1.29 bits per heavy atom. The molecule has 2 aromatic rings. The van der Waals surface area contributed by atoms with Gasteiger partial charge < -0.3 is 19.5 Å². The van der Waals surface area contributed by atoms with Crippen LogP contribution in [0.25, 0.3) is 0 Å². The lowest BCUT2D eigenvalue weighted by Crippen LogP contribution is -2.39. The predicted molar refractivity (Wildman–Crippen MR) is 114 cm³/mol. The van der Waals surface area contributed by atoms with Gasteiger partial charge >= 0.3 is 11.9 Å². The number of hydrogen-bond donors (Lipinski definition) is 1. The molecule has 0 fully saturated rings. The highest BCUT2D eigenvalue weighted by Crippen LogP contribution is 2.36. The van der Waals surface area contributed by atoms with Crippen LogP contribution in [0.15, 0.2) is 46.6 Å². The van der Waals surface area contributed by atoms with Gasteiger partial charge in [0.05, 0.1) is 18.2 Å². The van der Waals surface area contributed by atoms with Crippen molar-refractivity contribution in [2.75, 3.05) is 7.11 Å². The molecule has 1 aliphatic heterocycles. The first kappa shape index (κ1) is 25.4. The van der Waals surface area contributed by atoms with E-state index in [1.54, 1.807) is 13.8 Å². The molecule has 9 nitrogen and oxygen atoms in total. The molecule has 1 unspecified atom stereocenters. The maximum Gasteiger partial charge on any atom is 0.419 e. The Bertz CT molecular complexity index is 1260. The first-order valence-electron chi connectivity index (χ1n) is 9.81. The number of allylic oxidation sites excluding steroid dienone is 2. The van der Waals surface area contributed by atoms with Crippen molar-refractivity contribution in [1.29, 1.82) is 5.26 Å². The predicted octanol–water partition coefficient (Wildman–Crippen LogP) is 2.99. The van der Waals surface area contributed by atoms with Gasteiger partial charge in [0.1, 0.15) is 11.3 Å². The van der Waals surface area contributed by atoms with Crippen molar-refractivity contribution in [2.24, 2.45) is 7.05 Å². The van der Waals surface area contributed by atoms with Gasteiger partial charge in [-0.25, -0.2) is 4.79 Å². The average Bonchev–Trinajstić information content (AvgIpc) is 3.04. The van der Waals surface area contributed by atoms with Crippen LogP contribution in [0.3, 0.4) is 0 Å². The van der Waals surface area contributed by atoms with Gasteiger partial charge in [-0.3, -0.25) is 4.57 Å². The second kappa shape index (κ2) is 9.17. The zero-order valence-electron chi connectivity index (χ0n) is 18.6. The molecule has 1 atom stereocenters. The van der Waals surface area contributed by atoms with Gasteiger partial charge in [0.25, 0.3) is 0 Å². The molecule has 1 N–H and O–H groups in total. The Labute approximate surface area is 197 Å². The Morgan fingerprint density at radius 3 is 2.56 bits per heavy atom. The number of ether oxygens (including phenoxy) is 2. The SMILES string of the molecule is COC(C)(C)n1nc(CN2C=CC(C(F)(F)F)=C(Oc3cc(Cl)cc(C#N)c3)C2O)n(C)c1=O. The number of alkyl halides is 3. The summed E-state index contributed by atoms with van der Waals surface area (Å²) in [6.45, 7) is 3.00. The summed E-state index contributed by atoms with van der Waals surface area (Å²) in [4.78, 5) is 13.7. The molecule has 1 aromatic carbocycles. The lowest BCUT2D eigenvalue weighted by Gasteiger charge is -2.32. The monoisotopic (exact) mass is 499 g/mol. The molecular formula is C21H21ClF3N5O4. The second-order valence-electron chi connectivity index (χ2n) is 7.85. The second-order valence-corrected chi connectivity index (χ2v) is 8.28. The summed E-state index contributed by atoms with van der Waals surface area (Å²) in [5, 5.41) is 24.2. The summed E-state index contributed by atoms with van der Waals surface area (Å²) < 4.78 is 53.9. The molecule has 13 heteroatoms. The van der Waals surface area contributed by atoms with E-state index in [9.17, 15) is 23.1 Å². The van der Waals surface area contributed by atoms with Crippen molar-refractivity contribution in [3.63, 3.8) is 0 Å². The van der Waals surface area contributed by atoms with E-state index in [-0.39, 0.29) is 28.7 Å². The fourth-order valence-corrected chi connectivity index (χ4v) is 3.36. The number of aromatic nitrogens is 3. The molecule has 0 amide bonds. The van der Waals surface area contributed by atoms with E-state index in [0.29, 0.717) is 0 Å². The first-order valence-corrected chi connectivity index (χ1v) is 10.2. The van der Waals surface area contributed by atoms with Crippen molar-refractivity contribution in [1.82, 2.24) is 19.2 Å². The quantitative estimate of drug-likeness (QED) is 0.651. The van der Waals surface area contributed by atoms with Gasteiger partial charge in [0, 0.05) is 25.4 Å². The third-order valence-corrected chi connectivity index (χ3v) is 5.40. The van der Waals surface area contributed by atoms with Crippen LogP contribution < -0.4 is 10.4 Å². The minimum absolute atomic E-state index is 0.0654. The van der Waals surface area contributed by atoms with Crippen LogP contribution in [-0.4, -0.2) is 43.9 Å². The van der Waals surface area contributed by atoms with Gasteiger partial charge in [-0.1, -0.05) is 11.6 Å². The van der Waals surface area contributed by atoms with Crippen LogP contribution >= 0.6 is 11.6 Å². The average molecular weight is 500 g/mol. The van der Waals surface area contributed by atoms with E-state index in [4.69, 9.17) is 26.3 Å². The minimum Gasteiger partial charge on any atom is -0.456 e. The van der Waals surface area contributed by atoms with Crippen molar-refractivity contribution < 1.29 is 27.8 Å². The Morgan fingerprint density at radius 2 is 1.97 bits per heavy atom. The Hall–Kier alpha value is -3.27. The molecule has 182 valence electrons. The summed E-state index contributed by atoms with van der Waals surface area (Å²) in [7, 11) is 2.84. The highest BCUT2D eigenvalue weighted by molar-refractivity contribution is 6.30. The highest BCUT2D eigenvalue weighted by atomic mass is 35.5. The van der Waals surface area contributed by atoms with Crippen LogP contribution in [0, 0.1) is 11.3 Å². The molecule has 2 heterocycles. The van der Waals surface area contributed by atoms with Gasteiger partial charge in [0.15, 0.2) is 23.5 Å². The fraction of sp³-hybridized carbons (Fsp3) is 0.381. The molecule has 0 bridgehead atoms. The molecule has 0 saturated heterocycles. The third kappa shape index (κ3) is 4.96. The number of nitriles is 1. The van der Waals surface area contributed by atoms with Crippen molar-refractivity contribution in [3.8, 4) is 11.8 Å². The highest BCUT2D eigenvalue weighted by Gasteiger charge is 2.41. The van der Waals surface area contributed by atoms with E-state index < -0.39 is 35.2 Å². The fourth-order valence-electron chi connectivity index (χ4n) is 3.13. The largest absolute Gasteiger partial charge is 0.456 e. The summed E-state index contributed by atoms with van der Waals surface area (Å²) >= 11 is 5.92. The molecule has 0 spiro atoms. The van der Waals surface area contributed by atoms with Crippen molar-refractivity contribution in [2.45, 2.75) is 38.5 Å². The van der Waals surface area contributed by atoms with Crippen LogP contribution in [0.2, 0.25) is 5.02 Å². The number of halogens is 4. The lowest BCUT2D eigenvalue weighted by molar-refractivity contribution is -0.0961. The maximum atomic E-state index is 13.7. The summed E-state index contributed by atoms with van der Waals surface area (Å²) in [5.74, 6) is -0.820. The zero-order chi connectivity index (χ0) is 25.4.